The van der Waals surface area contributed by atoms with Crippen LogP contribution in [0.5, 0.6) is 0 Å². The summed E-state index contributed by atoms with van der Waals surface area (Å²) in [5, 5.41) is 20.8. The van der Waals surface area contributed by atoms with E-state index in [0.29, 0.717) is 25.6 Å². The fraction of sp³-hybridized carbons (Fsp3) is 0.350. The Hall–Kier alpha value is -2.34. The topological polar surface area (TPSA) is 107 Å². The van der Waals surface area contributed by atoms with Crippen molar-refractivity contribution < 1.29 is 36.6 Å². The van der Waals surface area contributed by atoms with Gasteiger partial charge >= 0.3 is 6.18 Å². The second-order valence-corrected chi connectivity index (χ2v) is 9.85. The van der Waals surface area contributed by atoms with Crippen LogP contribution in [0.2, 0.25) is 5.02 Å². The zero-order valence-corrected chi connectivity index (χ0v) is 18.3. The maximum Gasteiger partial charge on any atom is 0.426 e. The largest absolute Gasteiger partial charge is 0.426 e. The molecule has 2 atom stereocenters. The summed E-state index contributed by atoms with van der Waals surface area (Å²) in [4.78, 5) is 13.3. The lowest BCUT2D eigenvalue weighted by Gasteiger charge is -2.25. The van der Waals surface area contributed by atoms with Gasteiger partial charge in [0.1, 0.15) is 0 Å². The SMILES string of the molecule is CC(O)(C(=O)Nc1ccc(S(=O)(=O)c2ccccc2N2CCC(O)C2)cc1Cl)C(F)(F)F. The number of halogens is 4. The van der Waals surface area contributed by atoms with Gasteiger partial charge in [-0.3, -0.25) is 4.79 Å². The van der Waals surface area contributed by atoms with Crippen molar-refractivity contribution in [2.45, 2.75) is 41.0 Å². The van der Waals surface area contributed by atoms with Gasteiger partial charge < -0.3 is 20.4 Å². The van der Waals surface area contributed by atoms with E-state index in [1.54, 1.807) is 17.0 Å². The average Bonchev–Trinajstić information content (AvgIpc) is 3.14. The summed E-state index contributed by atoms with van der Waals surface area (Å²) in [6.45, 7) is 1.04. The smallest absolute Gasteiger partial charge is 0.391 e. The average molecular weight is 493 g/mol. The van der Waals surface area contributed by atoms with Crippen LogP contribution in [0.3, 0.4) is 0 Å². The molecule has 1 heterocycles. The van der Waals surface area contributed by atoms with Crippen LogP contribution in [0, 0.1) is 0 Å². The minimum absolute atomic E-state index is 0.0260. The number of nitrogens with one attached hydrogen (secondary N) is 1. The van der Waals surface area contributed by atoms with E-state index in [2.05, 4.69) is 0 Å². The molecule has 0 saturated carbocycles. The van der Waals surface area contributed by atoms with E-state index < -0.39 is 33.6 Å². The number of aliphatic hydroxyl groups excluding tert-OH is 1. The van der Waals surface area contributed by atoms with Crippen LogP contribution < -0.4 is 10.2 Å². The van der Waals surface area contributed by atoms with E-state index in [1.807, 2.05) is 5.32 Å². The van der Waals surface area contributed by atoms with Gasteiger partial charge in [-0.2, -0.15) is 13.2 Å². The summed E-state index contributed by atoms with van der Waals surface area (Å²) in [5.41, 5.74) is -3.56. The molecule has 1 aliphatic heterocycles. The van der Waals surface area contributed by atoms with Crippen molar-refractivity contribution in [3.8, 4) is 0 Å². The first-order chi connectivity index (χ1) is 14.7. The van der Waals surface area contributed by atoms with Crippen LogP contribution in [-0.4, -0.2) is 55.5 Å². The Bertz CT molecular complexity index is 1140. The lowest BCUT2D eigenvalue weighted by atomic mass is 10.1. The summed E-state index contributed by atoms with van der Waals surface area (Å²) in [5.74, 6) is -1.76. The van der Waals surface area contributed by atoms with E-state index in [-0.39, 0.29) is 27.0 Å². The number of nitrogens with zero attached hydrogens (tertiary/aromatic N) is 1. The third kappa shape index (κ3) is 4.56. The molecule has 3 rings (SSSR count). The van der Waals surface area contributed by atoms with Crippen LogP contribution >= 0.6 is 11.6 Å². The Balaban J connectivity index is 1.92. The lowest BCUT2D eigenvalue weighted by molar-refractivity contribution is -0.242. The molecule has 1 saturated heterocycles. The molecule has 0 spiro atoms. The minimum Gasteiger partial charge on any atom is -0.391 e. The van der Waals surface area contributed by atoms with E-state index in [4.69, 9.17) is 11.6 Å². The van der Waals surface area contributed by atoms with Gasteiger partial charge in [0.2, 0.25) is 15.4 Å². The molecular weight excluding hydrogens is 473 g/mol. The summed E-state index contributed by atoms with van der Waals surface area (Å²) < 4.78 is 65.0. The van der Waals surface area contributed by atoms with Crippen molar-refractivity contribution in [2.24, 2.45) is 0 Å². The number of hydrogen-bond donors (Lipinski definition) is 3. The number of alkyl halides is 3. The molecule has 1 aliphatic rings. The maximum atomic E-state index is 13.2. The van der Waals surface area contributed by atoms with Crippen LogP contribution in [0.25, 0.3) is 0 Å². The molecule has 0 aromatic heterocycles. The molecule has 32 heavy (non-hydrogen) atoms. The molecular formula is C20H20ClF3N2O5S. The Morgan fingerprint density at radius 2 is 1.88 bits per heavy atom. The number of para-hydroxylation sites is 1. The Morgan fingerprint density at radius 1 is 1.22 bits per heavy atom. The third-order valence-corrected chi connectivity index (χ3v) is 7.26. The number of sulfone groups is 1. The van der Waals surface area contributed by atoms with E-state index >= 15 is 0 Å². The fourth-order valence-electron chi connectivity index (χ4n) is 3.17. The molecule has 1 fully saturated rings. The number of carbonyl (C=O) groups is 1. The molecule has 0 aliphatic carbocycles. The van der Waals surface area contributed by atoms with Crippen molar-refractivity contribution in [2.75, 3.05) is 23.3 Å². The second-order valence-electron chi connectivity index (χ2n) is 7.53. The molecule has 1 amide bonds. The number of benzene rings is 2. The quantitative estimate of drug-likeness (QED) is 0.592. The highest BCUT2D eigenvalue weighted by atomic mass is 35.5. The van der Waals surface area contributed by atoms with Crippen LogP contribution in [0.15, 0.2) is 52.3 Å². The first kappa shape index (κ1) is 24.3. The van der Waals surface area contributed by atoms with Crippen molar-refractivity contribution in [3.05, 3.63) is 47.5 Å². The zero-order chi connectivity index (χ0) is 23.9. The number of anilines is 2. The highest BCUT2D eigenvalue weighted by molar-refractivity contribution is 7.91. The van der Waals surface area contributed by atoms with Gasteiger partial charge in [-0.05, 0) is 43.7 Å². The van der Waals surface area contributed by atoms with Crippen molar-refractivity contribution in [3.63, 3.8) is 0 Å². The predicted octanol–water partition coefficient (Wildman–Crippen LogP) is 3.00. The summed E-state index contributed by atoms with van der Waals surface area (Å²) >= 11 is 6.03. The molecule has 174 valence electrons. The Kier molecular flexibility index (Phi) is 6.49. The van der Waals surface area contributed by atoms with Gasteiger partial charge in [0, 0.05) is 13.1 Å². The summed E-state index contributed by atoms with van der Waals surface area (Å²) in [6, 6.07) is 9.36. The fourth-order valence-corrected chi connectivity index (χ4v) is 4.97. The third-order valence-electron chi connectivity index (χ3n) is 5.15. The monoisotopic (exact) mass is 492 g/mol. The highest BCUT2D eigenvalue weighted by Gasteiger charge is 2.55. The normalized spacial score (nSPS) is 19.0. The van der Waals surface area contributed by atoms with E-state index in [0.717, 1.165) is 18.2 Å². The molecule has 2 aromatic carbocycles. The van der Waals surface area contributed by atoms with Crippen molar-refractivity contribution >= 4 is 38.7 Å². The van der Waals surface area contributed by atoms with E-state index in [9.17, 15) is 36.6 Å². The van der Waals surface area contributed by atoms with Gasteiger partial charge in [0.05, 0.1) is 32.3 Å². The number of aliphatic hydroxyl groups is 2. The predicted molar refractivity (Wildman–Crippen MR) is 111 cm³/mol. The van der Waals surface area contributed by atoms with Crippen molar-refractivity contribution in [1.82, 2.24) is 0 Å². The van der Waals surface area contributed by atoms with E-state index in [1.165, 1.54) is 12.1 Å². The van der Waals surface area contributed by atoms with Gasteiger partial charge in [-0.15, -0.1) is 0 Å². The molecule has 0 bridgehead atoms. The maximum absolute atomic E-state index is 13.2. The van der Waals surface area contributed by atoms with Crippen LogP contribution in [0.1, 0.15) is 13.3 Å². The number of hydrogen-bond acceptors (Lipinski definition) is 6. The second kappa shape index (κ2) is 8.54. The zero-order valence-electron chi connectivity index (χ0n) is 16.7. The first-order valence-electron chi connectivity index (χ1n) is 9.42. The summed E-state index contributed by atoms with van der Waals surface area (Å²) in [6.07, 6.45) is -5.30. The highest BCUT2D eigenvalue weighted by Crippen LogP contribution is 2.36. The summed E-state index contributed by atoms with van der Waals surface area (Å²) in [7, 11) is -4.09. The van der Waals surface area contributed by atoms with Crippen LogP contribution in [0.4, 0.5) is 24.5 Å². The lowest BCUT2D eigenvalue weighted by Crippen LogP contribution is -2.52. The molecule has 3 N–H and O–H groups in total. The number of amides is 1. The van der Waals surface area contributed by atoms with Gasteiger partial charge in [0.25, 0.3) is 5.91 Å². The molecule has 7 nitrogen and oxygen atoms in total. The van der Waals surface area contributed by atoms with Gasteiger partial charge in [-0.1, -0.05) is 23.7 Å². The Labute approximate surface area is 187 Å². The van der Waals surface area contributed by atoms with Gasteiger partial charge in [0.15, 0.2) is 0 Å². The van der Waals surface area contributed by atoms with Crippen LogP contribution in [-0.2, 0) is 14.6 Å². The number of β-amino-alcohol motifs (C(OH)–C–C–N with tert-alkyl or cyclic N) is 1. The molecule has 12 heteroatoms. The molecule has 0 radical (unpaired) electrons. The minimum atomic E-state index is -5.22. The number of carbonyl (C=O) groups excluding carboxylic acids is 1. The van der Waals surface area contributed by atoms with Crippen molar-refractivity contribution in [1.29, 1.82) is 0 Å². The Morgan fingerprint density at radius 3 is 2.44 bits per heavy atom. The molecule has 2 aromatic rings. The first-order valence-corrected chi connectivity index (χ1v) is 11.3. The van der Waals surface area contributed by atoms with Gasteiger partial charge in [-0.25, -0.2) is 8.42 Å². The standard InChI is InChI=1S/C20H20ClF3N2O5S/c1-19(29,20(22,23)24)18(28)25-15-7-6-13(10-14(15)21)32(30,31)17-5-3-2-4-16(17)26-9-8-12(27)11-26/h2-7,10,12,27,29H,8-9,11H2,1H3,(H,25,28). The molecule has 2 unspecified atom stereocenters. The number of rotatable bonds is 5.